The molecule has 30 heavy (non-hydrogen) atoms. The molecule has 1 aliphatic rings. The van der Waals surface area contributed by atoms with Crippen LogP contribution in [0.15, 0.2) is 46.8 Å². The molecule has 2 N–H and O–H groups in total. The van der Waals surface area contributed by atoms with Crippen LogP contribution in [0.4, 0.5) is 5.00 Å². The zero-order valence-electron chi connectivity index (χ0n) is 18.1. The zero-order chi connectivity index (χ0) is 21.0. The predicted molar refractivity (Wildman–Crippen MR) is 126 cm³/mol. The lowest BCUT2D eigenvalue weighted by Gasteiger charge is -2.33. The molecule has 2 aromatic rings. The fourth-order valence-corrected chi connectivity index (χ4v) is 4.29. The minimum Gasteiger partial charge on any atom is -0.493 e. The lowest BCUT2D eigenvalue weighted by atomic mass is 10.1. The summed E-state index contributed by atoms with van der Waals surface area (Å²) >= 11 is 1.82. The van der Waals surface area contributed by atoms with E-state index in [0.717, 1.165) is 56.2 Å². The number of anilines is 1. The maximum Gasteiger partial charge on any atom is 0.191 e. The van der Waals surface area contributed by atoms with E-state index in [-0.39, 0.29) is 0 Å². The predicted octanol–water partition coefficient (Wildman–Crippen LogP) is 3.89. The number of benzene rings is 1. The molecule has 3 rings (SSSR count). The summed E-state index contributed by atoms with van der Waals surface area (Å²) in [4.78, 5) is 7.28. The third-order valence-electron chi connectivity index (χ3n) is 5.08. The summed E-state index contributed by atoms with van der Waals surface area (Å²) in [5.74, 6) is 1.77. The highest BCUT2D eigenvalue weighted by molar-refractivity contribution is 7.14. The van der Waals surface area contributed by atoms with E-state index in [9.17, 15) is 0 Å². The number of hydrogen-bond donors (Lipinski definition) is 2. The van der Waals surface area contributed by atoms with Gasteiger partial charge in [0.05, 0.1) is 18.2 Å². The minimum atomic E-state index is 0.453. The van der Waals surface area contributed by atoms with Gasteiger partial charge in [-0.3, -0.25) is 0 Å². The van der Waals surface area contributed by atoms with Crippen molar-refractivity contribution in [1.29, 1.82) is 0 Å². The molecule has 0 aliphatic carbocycles. The van der Waals surface area contributed by atoms with Crippen molar-refractivity contribution >= 4 is 22.3 Å². The summed E-state index contributed by atoms with van der Waals surface area (Å²) in [6.07, 6.45) is 3.12. The summed E-state index contributed by atoms with van der Waals surface area (Å²) in [6.45, 7) is 7.12. The number of hydrogen-bond acceptors (Lipinski definition) is 5. The second-order valence-corrected chi connectivity index (χ2v) is 8.32. The maximum atomic E-state index is 5.80. The summed E-state index contributed by atoms with van der Waals surface area (Å²) < 4.78 is 10.9. The van der Waals surface area contributed by atoms with E-state index in [0.29, 0.717) is 25.8 Å². The minimum absolute atomic E-state index is 0.453. The summed E-state index contributed by atoms with van der Waals surface area (Å²) in [5.41, 5.74) is 1.14. The highest BCUT2D eigenvalue weighted by Gasteiger charge is 2.20. The Morgan fingerprint density at radius 3 is 2.80 bits per heavy atom. The van der Waals surface area contributed by atoms with Crippen LogP contribution in [0.3, 0.4) is 0 Å². The second-order valence-electron chi connectivity index (χ2n) is 7.39. The van der Waals surface area contributed by atoms with Crippen LogP contribution < -0.4 is 20.3 Å². The number of methoxy groups -OCH3 is 1. The molecule has 1 fully saturated rings. The van der Waals surface area contributed by atoms with Crippen LogP contribution in [0.2, 0.25) is 0 Å². The second kappa shape index (κ2) is 12.4. The quantitative estimate of drug-likeness (QED) is 0.340. The lowest BCUT2D eigenvalue weighted by molar-refractivity contribution is 0.172. The van der Waals surface area contributed by atoms with Gasteiger partial charge in [0.15, 0.2) is 5.96 Å². The topological polar surface area (TPSA) is 58.1 Å². The zero-order valence-corrected chi connectivity index (χ0v) is 18.9. The average molecular weight is 431 g/mol. The first-order chi connectivity index (χ1) is 14.8. The third kappa shape index (κ3) is 7.22. The molecule has 0 unspecified atom stereocenters. The Kier molecular flexibility index (Phi) is 9.31. The highest BCUT2D eigenvalue weighted by atomic mass is 32.1. The number of aliphatic imine (C=N–C) groups is 1. The van der Waals surface area contributed by atoms with Crippen LogP contribution in [0, 0.1) is 0 Å². The summed E-state index contributed by atoms with van der Waals surface area (Å²) in [6, 6.07) is 13.0. The monoisotopic (exact) mass is 430 g/mol. The van der Waals surface area contributed by atoms with E-state index in [1.54, 1.807) is 7.11 Å². The van der Waals surface area contributed by atoms with Crippen LogP contribution in [0.5, 0.6) is 5.75 Å². The lowest BCUT2D eigenvalue weighted by Crippen LogP contribution is -2.48. The Morgan fingerprint density at radius 1 is 1.20 bits per heavy atom. The van der Waals surface area contributed by atoms with Crippen molar-refractivity contribution in [1.82, 2.24) is 10.6 Å². The van der Waals surface area contributed by atoms with Crippen molar-refractivity contribution in [2.75, 3.05) is 44.9 Å². The van der Waals surface area contributed by atoms with E-state index in [2.05, 4.69) is 52.1 Å². The Morgan fingerprint density at radius 2 is 2.07 bits per heavy atom. The molecule has 0 spiro atoms. The van der Waals surface area contributed by atoms with Crippen molar-refractivity contribution < 1.29 is 9.47 Å². The maximum absolute atomic E-state index is 5.80. The molecule has 1 aliphatic heterocycles. The van der Waals surface area contributed by atoms with Crippen molar-refractivity contribution in [3.8, 4) is 5.75 Å². The number of nitrogens with zero attached hydrogens (tertiary/aromatic N) is 2. The first-order valence-electron chi connectivity index (χ1n) is 10.8. The molecule has 1 aromatic carbocycles. The number of rotatable bonds is 10. The Labute approximate surface area is 184 Å². The van der Waals surface area contributed by atoms with Crippen LogP contribution in [0.25, 0.3) is 0 Å². The number of guanidine groups is 1. The van der Waals surface area contributed by atoms with Gasteiger partial charge in [-0.15, -0.1) is 11.3 Å². The molecule has 0 bridgehead atoms. The molecular weight excluding hydrogens is 396 g/mol. The van der Waals surface area contributed by atoms with E-state index in [1.165, 1.54) is 5.00 Å². The van der Waals surface area contributed by atoms with Crippen molar-refractivity contribution in [3.63, 3.8) is 0 Å². The molecule has 2 heterocycles. The van der Waals surface area contributed by atoms with Gasteiger partial charge in [0.25, 0.3) is 0 Å². The van der Waals surface area contributed by atoms with Gasteiger partial charge in [-0.25, -0.2) is 4.99 Å². The Hall–Kier alpha value is -2.25. The first kappa shape index (κ1) is 22.4. The van der Waals surface area contributed by atoms with Crippen LogP contribution in [0.1, 0.15) is 31.7 Å². The molecule has 0 atom stereocenters. The molecule has 1 saturated heterocycles. The van der Waals surface area contributed by atoms with Gasteiger partial charge in [-0.2, -0.15) is 0 Å². The molecule has 0 saturated carbocycles. The van der Waals surface area contributed by atoms with E-state index in [1.807, 2.05) is 23.5 Å². The van der Waals surface area contributed by atoms with Gasteiger partial charge in [0.1, 0.15) is 5.75 Å². The Balaban J connectivity index is 1.49. The smallest absolute Gasteiger partial charge is 0.191 e. The molecule has 6 nitrogen and oxygen atoms in total. The molecule has 7 heteroatoms. The van der Waals surface area contributed by atoms with E-state index in [4.69, 9.17) is 14.5 Å². The first-order valence-corrected chi connectivity index (χ1v) is 11.7. The van der Waals surface area contributed by atoms with Crippen molar-refractivity contribution in [2.24, 2.45) is 4.99 Å². The van der Waals surface area contributed by atoms with Crippen LogP contribution in [-0.2, 0) is 11.3 Å². The standard InChI is InChI=1S/C23H34N4O2S/c1-3-24-23(26-20-10-12-27(13-11-20)22-9-5-16-30-22)25-18-19-7-4-8-21(17-19)29-15-6-14-28-2/h4-5,7-9,16-17,20H,3,6,10-15,18H2,1-2H3,(H2,24,25,26). The molecule has 164 valence electrons. The number of nitrogens with one attached hydrogen (secondary N) is 2. The number of piperidine rings is 1. The Bertz CT molecular complexity index is 758. The van der Waals surface area contributed by atoms with Crippen molar-refractivity contribution in [2.45, 2.75) is 38.8 Å². The molecule has 0 radical (unpaired) electrons. The summed E-state index contributed by atoms with van der Waals surface area (Å²) in [7, 11) is 1.71. The van der Waals surface area contributed by atoms with Gasteiger partial charge in [-0.1, -0.05) is 12.1 Å². The number of ether oxygens (including phenoxy) is 2. The van der Waals surface area contributed by atoms with E-state index >= 15 is 0 Å². The molecular formula is C23H34N4O2S. The fourth-order valence-electron chi connectivity index (χ4n) is 3.50. The van der Waals surface area contributed by atoms with E-state index < -0.39 is 0 Å². The number of thiophene rings is 1. The molecule has 0 amide bonds. The van der Waals surface area contributed by atoms with Crippen LogP contribution >= 0.6 is 11.3 Å². The van der Waals surface area contributed by atoms with Gasteiger partial charge >= 0.3 is 0 Å². The molecule has 1 aromatic heterocycles. The highest BCUT2D eigenvalue weighted by Crippen LogP contribution is 2.24. The third-order valence-corrected chi connectivity index (χ3v) is 6.01. The largest absolute Gasteiger partial charge is 0.493 e. The summed E-state index contributed by atoms with van der Waals surface area (Å²) in [5, 5.41) is 10.5. The average Bonchev–Trinajstić information content (AvgIpc) is 3.31. The van der Waals surface area contributed by atoms with Gasteiger partial charge in [0, 0.05) is 45.8 Å². The van der Waals surface area contributed by atoms with Crippen molar-refractivity contribution in [3.05, 3.63) is 47.3 Å². The SMILES string of the molecule is CCNC(=NCc1cccc(OCCCOC)c1)NC1CCN(c2cccs2)CC1. The normalized spacial score (nSPS) is 15.3. The fraction of sp³-hybridized carbons (Fsp3) is 0.522. The van der Waals surface area contributed by atoms with Gasteiger partial charge < -0.3 is 25.0 Å². The van der Waals surface area contributed by atoms with Crippen LogP contribution in [-0.4, -0.2) is 52.0 Å². The van der Waals surface area contributed by atoms with Gasteiger partial charge in [0.2, 0.25) is 0 Å². The van der Waals surface area contributed by atoms with Gasteiger partial charge in [-0.05, 0) is 55.0 Å².